The van der Waals surface area contributed by atoms with E-state index in [4.69, 9.17) is 0 Å². The summed E-state index contributed by atoms with van der Waals surface area (Å²) in [6, 6.07) is 4.54. The molecule has 0 atom stereocenters. The first kappa shape index (κ1) is 10.4. The van der Waals surface area contributed by atoms with Gasteiger partial charge in [0.1, 0.15) is 7.85 Å². The molecule has 0 N–H and O–H groups in total. The largest absolute Gasteiger partial charge is 0.139 e. The number of hydrogen-bond acceptors (Lipinski definition) is 0. The minimum Gasteiger partial charge on any atom is -0.0884 e. The van der Waals surface area contributed by atoms with Crippen LogP contribution in [0.25, 0.3) is 0 Å². The van der Waals surface area contributed by atoms with Crippen molar-refractivity contribution in [1.29, 1.82) is 0 Å². The van der Waals surface area contributed by atoms with Gasteiger partial charge < -0.3 is 0 Å². The number of hydrogen-bond donors (Lipinski definition) is 0. The van der Waals surface area contributed by atoms with Gasteiger partial charge in [0, 0.05) is 0 Å². The molecule has 13 heavy (non-hydrogen) atoms. The zero-order valence-electron chi connectivity index (χ0n) is 9.65. The summed E-state index contributed by atoms with van der Waals surface area (Å²) >= 11 is 0. The summed E-state index contributed by atoms with van der Waals surface area (Å²) in [7, 11) is 2.16. The standard InChI is InChI=1S/C12H19B/c1-8-6-10(13)7-9(2)11(8)12(3,4)5/h6-7H,13H2,1-5H3. The molecule has 0 saturated carbocycles. The van der Waals surface area contributed by atoms with Crippen LogP contribution < -0.4 is 5.46 Å². The van der Waals surface area contributed by atoms with E-state index < -0.39 is 0 Å². The van der Waals surface area contributed by atoms with Crippen molar-refractivity contribution in [3.8, 4) is 0 Å². The summed E-state index contributed by atoms with van der Waals surface area (Å²) in [5.41, 5.74) is 5.97. The average molecular weight is 174 g/mol. The van der Waals surface area contributed by atoms with E-state index in [0.29, 0.717) is 0 Å². The van der Waals surface area contributed by atoms with Gasteiger partial charge in [-0.05, 0) is 36.0 Å². The topological polar surface area (TPSA) is 0 Å². The molecule has 0 heterocycles. The molecule has 0 amide bonds. The minimum atomic E-state index is 0.266. The third-order valence-electron chi connectivity index (χ3n) is 2.43. The van der Waals surface area contributed by atoms with Crippen LogP contribution in [0.3, 0.4) is 0 Å². The lowest BCUT2D eigenvalue weighted by Gasteiger charge is -2.24. The fraction of sp³-hybridized carbons (Fsp3) is 0.500. The molecule has 0 bridgehead atoms. The second-order valence-corrected chi connectivity index (χ2v) is 5.02. The Morgan fingerprint density at radius 3 is 1.69 bits per heavy atom. The SMILES string of the molecule is Bc1cc(C)c(C(C)(C)C)c(C)c1. The first-order valence-corrected chi connectivity index (χ1v) is 4.90. The van der Waals surface area contributed by atoms with Crippen LogP contribution in [0.5, 0.6) is 0 Å². The van der Waals surface area contributed by atoms with Gasteiger partial charge in [0.25, 0.3) is 0 Å². The summed E-state index contributed by atoms with van der Waals surface area (Å²) in [5, 5.41) is 0. The van der Waals surface area contributed by atoms with E-state index in [9.17, 15) is 0 Å². The van der Waals surface area contributed by atoms with E-state index in [1.807, 2.05) is 0 Å². The van der Waals surface area contributed by atoms with Crippen molar-refractivity contribution in [1.82, 2.24) is 0 Å². The van der Waals surface area contributed by atoms with E-state index in [-0.39, 0.29) is 5.41 Å². The van der Waals surface area contributed by atoms with Gasteiger partial charge in [-0.15, -0.1) is 0 Å². The van der Waals surface area contributed by atoms with Crippen LogP contribution in [-0.4, -0.2) is 7.85 Å². The second-order valence-electron chi connectivity index (χ2n) is 5.02. The number of aryl methyl sites for hydroxylation is 2. The maximum atomic E-state index is 2.28. The predicted molar refractivity (Wildman–Crippen MR) is 62.8 cm³/mol. The molecular formula is C12H19B. The fourth-order valence-corrected chi connectivity index (χ4v) is 2.36. The molecule has 1 aromatic carbocycles. The van der Waals surface area contributed by atoms with Crippen LogP contribution in [0, 0.1) is 13.8 Å². The van der Waals surface area contributed by atoms with E-state index >= 15 is 0 Å². The van der Waals surface area contributed by atoms with Gasteiger partial charge in [0.2, 0.25) is 0 Å². The number of benzene rings is 1. The molecule has 1 rings (SSSR count). The van der Waals surface area contributed by atoms with Gasteiger partial charge in [-0.3, -0.25) is 0 Å². The Morgan fingerprint density at radius 1 is 1.00 bits per heavy atom. The monoisotopic (exact) mass is 174 g/mol. The molecule has 0 aliphatic carbocycles. The molecule has 0 radical (unpaired) electrons. The molecule has 0 nitrogen and oxygen atoms in total. The van der Waals surface area contributed by atoms with Crippen LogP contribution in [-0.2, 0) is 5.41 Å². The molecule has 0 spiro atoms. The van der Waals surface area contributed by atoms with E-state index in [1.165, 1.54) is 22.2 Å². The summed E-state index contributed by atoms with van der Waals surface area (Å²) in [6.07, 6.45) is 0. The fourth-order valence-electron chi connectivity index (χ4n) is 2.36. The van der Waals surface area contributed by atoms with Gasteiger partial charge in [0.05, 0.1) is 0 Å². The third-order valence-corrected chi connectivity index (χ3v) is 2.43. The van der Waals surface area contributed by atoms with E-state index in [2.05, 4.69) is 54.6 Å². The summed E-state index contributed by atoms with van der Waals surface area (Å²) in [6.45, 7) is 11.2. The van der Waals surface area contributed by atoms with Crippen molar-refractivity contribution in [3.05, 3.63) is 28.8 Å². The lowest BCUT2D eigenvalue weighted by atomic mass is 9.78. The lowest BCUT2D eigenvalue weighted by molar-refractivity contribution is 0.582. The third kappa shape index (κ3) is 2.15. The molecule has 0 fully saturated rings. The molecule has 0 aromatic heterocycles. The summed E-state index contributed by atoms with van der Waals surface area (Å²) in [5.74, 6) is 0. The Balaban J connectivity index is 3.38. The Kier molecular flexibility index (Phi) is 2.56. The molecule has 0 aliphatic rings. The highest BCUT2D eigenvalue weighted by Gasteiger charge is 2.18. The zero-order valence-corrected chi connectivity index (χ0v) is 9.65. The Hall–Kier alpha value is -0.715. The Labute approximate surface area is 82.8 Å². The quantitative estimate of drug-likeness (QED) is 0.526. The van der Waals surface area contributed by atoms with Crippen molar-refractivity contribution >= 4 is 13.3 Å². The maximum absolute atomic E-state index is 2.28. The van der Waals surface area contributed by atoms with Gasteiger partial charge >= 0.3 is 0 Å². The average Bonchev–Trinajstić information content (AvgIpc) is 1.78. The highest BCUT2D eigenvalue weighted by atomic mass is 14.2. The Bertz CT molecular complexity index is 295. The molecule has 0 saturated heterocycles. The van der Waals surface area contributed by atoms with Crippen LogP contribution in [0.15, 0.2) is 12.1 Å². The summed E-state index contributed by atoms with van der Waals surface area (Å²) in [4.78, 5) is 0. The van der Waals surface area contributed by atoms with Crippen LogP contribution >= 0.6 is 0 Å². The smallest absolute Gasteiger partial charge is 0.0884 e. The van der Waals surface area contributed by atoms with Crippen LogP contribution in [0.2, 0.25) is 0 Å². The van der Waals surface area contributed by atoms with Gasteiger partial charge in [-0.1, -0.05) is 38.4 Å². The van der Waals surface area contributed by atoms with Crippen molar-refractivity contribution in [2.45, 2.75) is 40.0 Å². The van der Waals surface area contributed by atoms with Crippen molar-refractivity contribution in [2.24, 2.45) is 0 Å². The van der Waals surface area contributed by atoms with Crippen molar-refractivity contribution < 1.29 is 0 Å². The van der Waals surface area contributed by atoms with Gasteiger partial charge in [0.15, 0.2) is 0 Å². The molecular weight excluding hydrogens is 155 g/mol. The van der Waals surface area contributed by atoms with Crippen molar-refractivity contribution in [3.63, 3.8) is 0 Å². The second kappa shape index (κ2) is 3.21. The van der Waals surface area contributed by atoms with Crippen LogP contribution in [0.1, 0.15) is 37.5 Å². The van der Waals surface area contributed by atoms with Gasteiger partial charge in [-0.25, -0.2) is 0 Å². The first-order valence-electron chi connectivity index (χ1n) is 4.90. The van der Waals surface area contributed by atoms with Gasteiger partial charge in [-0.2, -0.15) is 0 Å². The predicted octanol–water partition coefficient (Wildman–Crippen LogP) is 1.86. The number of rotatable bonds is 0. The van der Waals surface area contributed by atoms with Crippen LogP contribution in [0.4, 0.5) is 0 Å². The Morgan fingerprint density at radius 2 is 1.38 bits per heavy atom. The lowest BCUT2D eigenvalue weighted by Crippen LogP contribution is -2.18. The molecule has 1 heteroatoms. The van der Waals surface area contributed by atoms with Crippen molar-refractivity contribution in [2.75, 3.05) is 0 Å². The van der Waals surface area contributed by atoms with E-state index in [0.717, 1.165) is 0 Å². The molecule has 0 unspecified atom stereocenters. The minimum absolute atomic E-state index is 0.266. The highest BCUT2D eigenvalue weighted by Crippen LogP contribution is 2.27. The molecule has 0 aliphatic heterocycles. The molecule has 70 valence electrons. The van der Waals surface area contributed by atoms with E-state index in [1.54, 1.807) is 0 Å². The summed E-state index contributed by atoms with van der Waals surface area (Å²) < 4.78 is 0. The highest BCUT2D eigenvalue weighted by molar-refractivity contribution is 6.32. The normalized spacial score (nSPS) is 11.8. The zero-order chi connectivity index (χ0) is 10.2. The first-order chi connectivity index (χ1) is 5.82. The molecule has 1 aromatic rings. The maximum Gasteiger partial charge on any atom is 0.139 e.